The topological polar surface area (TPSA) is 3.24 Å². The average molecular weight is 283 g/mol. The summed E-state index contributed by atoms with van der Waals surface area (Å²) >= 11 is 0. The lowest BCUT2D eigenvalue weighted by atomic mass is 9.90. The molecule has 1 nitrogen and oxygen atoms in total. The van der Waals surface area contributed by atoms with E-state index in [0.717, 1.165) is 25.1 Å². The Hall–Kier alpha value is -1.67. The van der Waals surface area contributed by atoms with Gasteiger partial charge < -0.3 is 4.90 Å². The van der Waals surface area contributed by atoms with Gasteiger partial charge in [-0.15, -0.1) is 0 Å². The molecule has 1 aliphatic heterocycles. The lowest BCUT2D eigenvalue weighted by molar-refractivity contribution is 0.210. The van der Waals surface area contributed by atoms with E-state index in [1.54, 1.807) is 6.07 Å². The highest BCUT2D eigenvalue weighted by Crippen LogP contribution is 2.27. The van der Waals surface area contributed by atoms with Gasteiger partial charge in [-0.25, -0.2) is 4.39 Å². The molecule has 1 heterocycles. The fourth-order valence-electron chi connectivity index (χ4n) is 3.22. The first-order valence-corrected chi connectivity index (χ1v) is 7.83. The molecule has 1 unspecified atom stereocenters. The summed E-state index contributed by atoms with van der Waals surface area (Å²) in [6.45, 7) is 3.31. The molecule has 1 fully saturated rings. The third kappa shape index (κ3) is 3.92. The van der Waals surface area contributed by atoms with E-state index >= 15 is 0 Å². The Morgan fingerprint density at radius 2 is 1.90 bits per heavy atom. The van der Waals surface area contributed by atoms with E-state index in [-0.39, 0.29) is 5.82 Å². The zero-order valence-corrected chi connectivity index (χ0v) is 12.3. The van der Waals surface area contributed by atoms with Gasteiger partial charge in [0.25, 0.3) is 0 Å². The highest BCUT2D eigenvalue weighted by molar-refractivity contribution is 5.21. The Kier molecular flexibility index (Phi) is 4.66. The summed E-state index contributed by atoms with van der Waals surface area (Å²) in [6.07, 6.45) is 3.47. The van der Waals surface area contributed by atoms with Crippen molar-refractivity contribution in [1.82, 2.24) is 4.90 Å². The van der Waals surface area contributed by atoms with Crippen molar-refractivity contribution in [2.24, 2.45) is 0 Å². The zero-order chi connectivity index (χ0) is 14.5. The van der Waals surface area contributed by atoms with E-state index in [2.05, 4.69) is 41.3 Å². The number of piperidine rings is 1. The van der Waals surface area contributed by atoms with E-state index in [0.29, 0.717) is 5.92 Å². The summed E-state index contributed by atoms with van der Waals surface area (Å²) in [5.41, 5.74) is 2.55. The van der Waals surface area contributed by atoms with Crippen molar-refractivity contribution in [2.45, 2.75) is 25.2 Å². The van der Waals surface area contributed by atoms with Crippen molar-refractivity contribution in [2.75, 3.05) is 19.6 Å². The monoisotopic (exact) mass is 283 g/mol. The molecule has 0 bridgehead atoms. The highest BCUT2D eigenvalue weighted by atomic mass is 19.1. The zero-order valence-electron chi connectivity index (χ0n) is 12.3. The maximum absolute atomic E-state index is 13.4. The molecule has 1 atom stereocenters. The Morgan fingerprint density at radius 3 is 2.71 bits per heavy atom. The molecular formula is C19H22FN. The lowest BCUT2D eigenvalue weighted by Gasteiger charge is -2.33. The molecule has 2 heteroatoms. The molecule has 0 saturated carbocycles. The average Bonchev–Trinajstić information content (AvgIpc) is 2.54. The number of hydrogen-bond donors (Lipinski definition) is 0. The number of halogens is 1. The van der Waals surface area contributed by atoms with E-state index < -0.39 is 0 Å². The first-order chi connectivity index (χ1) is 10.3. The normalized spacial score (nSPS) is 19.6. The van der Waals surface area contributed by atoms with Crippen LogP contribution in [0.15, 0.2) is 54.6 Å². The van der Waals surface area contributed by atoms with E-state index in [1.807, 2.05) is 6.07 Å². The molecule has 2 aromatic rings. The second-order valence-corrected chi connectivity index (χ2v) is 5.93. The first-order valence-electron chi connectivity index (χ1n) is 7.83. The van der Waals surface area contributed by atoms with E-state index in [1.165, 1.54) is 31.0 Å². The third-order valence-corrected chi connectivity index (χ3v) is 4.39. The molecular weight excluding hydrogens is 261 g/mol. The Balaban J connectivity index is 1.58. The van der Waals surface area contributed by atoms with Crippen LogP contribution in [0.5, 0.6) is 0 Å². The predicted molar refractivity (Wildman–Crippen MR) is 85.0 cm³/mol. The molecule has 3 rings (SSSR count). The molecule has 0 aliphatic carbocycles. The SMILES string of the molecule is Fc1cccc(C2CCCN(CCc3ccccc3)C2)c1. The van der Waals surface area contributed by atoms with Gasteiger partial charge in [0.2, 0.25) is 0 Å². The van der Waals surface area contributed by atoms with Crippen LogP contribution >= 0.6 is 0 Å². The molecule has 0 N–H and O–H groups in total. The third-order valence-electron chi connectivity index (χ3n) is 4.39. The van der Waals surface area contributed by atoms with Crippen molar-refractivity contribution in [1.29, 1.82) is 0 Å². The van der Waals surface area contributed by atoms with Crippen molar-refractivity contribution in [3.05, 3.63) is 71.5 Å². The van der Waals surface area contributed by atoms with Crippen LogP contribution in [0, 0.1) is 5.82 Å². The molecule has 1 saturated heterocycles. The minimum atomic E-state index is -0.117. The minimum absolute atomic E-state index is 0.117. The van der Waals surface area contributed by atoms with Gasteiger partial charge >= 0.3 is 0 Å². The Labute approximate surface area is 126 Å². The summed E-state index contributed by atoms with van der Waals surface area (Å²) in [4.78, 5) is 2.52. The van der Waals surface area contributed by atoms with Crippen LogP contribution in [-0.2, 0) is 6.42 Å². The fraction of sp³-hybridized carbons (Fsp3) is 0.368. The quantitative estimate of drug-likeness (QED) is 0.811. The van der Waals surface area contributed by atoms with Gasteiger partial charge in [-0.1, -0.05) is 42.5 Å². The van der Waals surface area contributed by atoms with Crippen LogP contribution in [0.3, 0.4) is 0 Å². The Morgan fingerprint density at radius 1 is 1.05 bits per heavy atom. The van der Waals surface area contributed by atoms with Gasteiger partial charge in [-0.3, -0.25) is 0 Å². The number of nitrogens with zero attached hydrogens (tertiary/aromatic N) is 1. The predicted octanol–water partition coefficient (Wildman–Crippen LogP) is 4.25. The number of hydrogen-bond acceptors (Lipinski definition) is 1. The van der Waals surface area contributed by atoms with Crippen LogP contribution in [0.25, 0.3) is 0 Å². The molecule has 110 valence electrons. The standard InChI is InChI=1S/C19H22FN/c20-19-10-4-8-17(14-19)18-9-5-12-21(15-18)13-11-16-6-2-1-3-7-16/h1-4,6-8,10,14,18H,5,9,11-13,15H2. The second-order valence-electron chi connectivity index (χ2n) is 5.93. The summed E-state index contributed by atoms with van der Waals surface area (Å²) in [6, 6.07) is 17.8. The summed E-state index contributed by atoms with van der Waals surface area (Å²) in [5, 5.41) is 0. The second kappa shape index (κ2) is 6.86. The molecule has 2 aromatic carbocycles. The highest BCUT2D eigenvalue weighted by Gasteiger charge is 2.21. The van der Waals surface area contributed by atoms with Crippen LogP contribution in [0.1, 0.15) is 29.9 Å². The van der Waals surface area contributed by atoms with Crippen molar-refractivity contribution < 1.29 is 4.39 Å². The van der Waals surface area contributed by atoms with Crippen LogP contribution in [-0.4, -0.2) is 24.5 Å². The molecule has 0 spiro atoms. The summed E-state index contributed by atoms with van der Waals surface area (Å²) < 4.78 is 13.4. The summed E-state index contributed by atoms with van der Waals surface area (Å²) in [5.74, 6) is 0.360. The molecule has 0 aromatic heterocycles. The van der Waals surface area contributed by atoms with Crippen LogP contribution in [0.2, 0.25) is 0 Å². The van der Waals surface area contributed by atoms with E-state index in [4.69, 9.17) is 0 Å². The fourth-order valence-corrected chi connectivity index (χ4v) is 3.22. The number of likely N-dealkylation sites (tertiary alicyclic amines) is 1. The van der Waals surface area contributed by atoms with Crippen molar-refractivity contribution in [3.63, 3.8) is 0 Å². The molecule has 21 heavy (non-hydrogen) atoms. The van der Waals surface area contributed by atoms with Gasteiger partial charge in [-0.2, -0.15) is 0 Å². The first kappa shape index (κ1) is 14.3. The van der Waals surface area contributed by atoms with Crippen LogP contribution < -0.4 is 0 Å². The molecule has 0 radical (unpaired) electrons. The lowest BCUT2D eigenvalue weighted by Crippen LogP contribution is -2.35. The van der Waals surface area contributed by atoms with Gasteiger partial charge in [0.1, 0.15) is 5.82 Å². The maximum atomic E-state index is 13.4. The smallest absolute Gasteiger partial charge is 0.123 e. The largest absolute Gasteiger partial charge is 0.302 e. The van der Waals surface area contributed by atoms with E-state index in [9.17, 15) is 4.39 Å². The van der Waals surface area contributed by atoms with Crippen molar-refractivity contribution in [3.8, 4) is 0 Å². The van der Waals surface area contributed by atoms with Gasteiger partial charge in [0.05, 0.1) is 0 Å². The van der Waals surface area contributed by atoms with Gasteiger partial charge in [-0.05, 0) is 55.0 Å². The molecule has 0 amide bonds. The van der Waals surface area contributed by atoms with Crippen LogP contribution in [0.4, 0.5) is 4.39 Å². The van der Waals surface area contributed by atoms with Gasteiger partial charge in [0.15, 0.2) is 0 Å². The van der Waals surface area contributed by atoms with Crippen molar-refractivity contribution >= 4 is 0 Å². The Bertz CT molecular complexity index is 567. The number of benzene rings is 2. The number of rotatable bonds is 4. The maximum Gasteiger partial charge on any atom is 0.123 e. The minimum Gasteiger partial charge on any atom is -0.302 e. The van der Waals surface area contributed by atoms with Gasteiger partial charge in [0, 0.05) is 13.1 Å². The molecule has 1 aliphatic rings. The summed E-state index contributed by atoms with van der Waals surface area (Å²) in [7, 11) is 0.